The highest BCUT2D eigenvalue weighted by atomic mass is 32.5. The summed E-state index contributed by atoms with van der Waals surface area (Å²) in [7, 11) is 0. The van der Waals surface area contributed by atoms with E-state index >= 15 is 0 Å². The van der Waals surface area contributed by atoms with Gasteiger partial charge in [-0.05, 0) is 52.0 Å². The van der Waals surface area contributed by atoms with Crippen molar-refractivity contribution < 1.29 is 37.3 Å². The number of fused-ring (bicyclic) bond motifs is 3. The van der Waals surface area contributed by atoms with Crippen molar-refractivity contribution in [3.05, 3.63) is 60.7 Å². The summed E-state index contributed by atoms with van der Waals surface area (Å²) in [5, 5.41) is 0. The van der Waals surface area contributed by atoms with Crippen LogP contribution in [0.1, 0.15) is 27.7 Å². The van der Waals surface area contributed by atoms with Gasteiger partial charge in [-0.25, -0.2) is 0 Å². The minimum Gasteiger partial charge on any atom is -0.416 e. The Labute approximate surface area is 204 Å². The molecule has 10 heteroatoms. The molecule has 5 rings (SSSR count). The smallest absolute Gasteiger partial charge is 0.416 e. The zero-order valence-corrected chi connectivity index (χ0v) is 21.3. The van der Waals surface area contributed by atoms with E-state index in [1.807, 2.05) is 64.1 Å². The molecule has 0 aromatic heterocycles. The van der Waals surface area contributed by atoms with Gasteiger partial charge >= 0.3 is 6.72 Å². The molecule has 0 bridgehead atoms. The van der Waals surface area contributed by atoms with Crippen LogP contribution in [0.4, 0.5) is 0 Å². The Morgan fingerprint density at radius 1 is 0.853 bits per heavy atom. The summed E-state index contributed by atoms with van der Waals surface area (Å²) in [5.74, 6) is -1.87. The van der Waals surface area contributed by atoms with Crippen molar-refractivity contribution >= 4 is 18.5 Å². The Balaban J connectivity index is 1.40. The van der Waals surface area contributed by atoms with Gasteiger partial charge in [0.2, 0.25) is 5.79 Å². The topological polar surface area (TPSA) is 73.8 Å². The van der Waals surface area contributed by atoms with Crippen molar-refractivity contribution in [2.45, 2.75) is 63.4 Å². The molecule has 0 aliphatic carbocycles. The highest BCUT2D eigenvalue weighted by molar-refractivity contribution is 8.07. The third-order valence-electron chi connectivity index (χ3n) is 5.62. The van der Waals surface area contributed by atoms with E-state index < -0.39 is 36.3 Å². The highest BCUT2D eigenvalue weighted by Crippen LogP contribution is 2.53. The maximum absolute atomic E-state index is 6.27. The molecule has 2 aromatic rings. The van der Waals surface area contributed by atoms with Crippen LogP contribution < -0.4 is 9.05 Å². The molecule has 34 heavy (non-hydrogen) atoms. The largest absolute Gasteiger partial charge is 0.435 e. The Hall–Kier alpha value is -1.55. The number of para-hydroxylation sites is 2. The van der Waals surface area contributed by atoms with E-state index in [0.29, 0.717) is 11.5 Å². The average Bonchev–Trinajstić information content (AvgIpc) is 3.25. The Morgan fingerprint density at radius 3 is 2.03 bits per heavy atom. The molecule has 0 spiro atoms. The van der Waals surface area contributed by atoms with E-state index in [1.165, 1.54) is 0 Å². The van der Waals surface area contributed by atoms with Crippen molar-refractivity contribution in [3.8, 4) is 11.5 Å². The summed E-state index contributed by atoms with van der Waals surface area (Å²) in [6, 6.07) is 18.4. The minimum absolute atomic E-state index is 0.0783. The van der Waals surface area contributed by atoms with Crippen LogP contribution in [-0.2, 0) is 40.0 Å². The van der Waals surface area contributed by atoms with Crippen LogP contribution in [0.2, 0.25) is 0 Å². The van der Waals surface area contributed by atoms with E-state index in [0.717, 1.165) is 0 Å². The molecule has 2 aromatic carbocycles. The SMILES string of the molecule is CC1(C)O[C@H]2[C@H](CO[C@]3(COP(=S)(Oc4ccccc4)Oc4ccccc4)OC(C)(C)O[C@H]23)O1. The van der Waals surface area contributed by atoms with Crippen molar-refractivity contribution in [1.29, 1.82) is 0 Å². The second-order valence-corrected chi connectivity index (χ2v) is 12.2. The minimum atomic E-state index is -3.33. The van der Waals surface area contributed by atoms with Gasteiger partial charge in [-0.3, -0.25) is 4.52 Å². The lowest BCUT2D eigenvalue weighted by atomic mass is 9.98. The molecular formula is C24H29O8PS. The summed E-state index contributed by atoms with van der Waals surface area (Å²) in [5.41, 5.74) is 0. The zero-order chi connectivity index (χ0) is 24.0. The van der Waals surface area contributed by atoms with Crippen LogP contribution in [0.5, 0.6) is 11.5 Å². The van der Waals surface area contributed by atoms with Gasteiger partial charge in [0, 0.05) is 11.8 Å². The van der Waals surface area contributed by atoms with Gasteiger partial charge in [0.1, 0.15) is 36.4 Å². The zero-order valence-electron chi connectivity index (χ0n) is 19.5. The van der Waals surface area contributed by atoms with Crippen LogP contribution in [0, 0.1) is 0 Å². The lowest BCUT2D eigenvalue weighted by Gasteiger charge is -2.41. The van der Waals surface area contributed by atoms with Gasteiger partial charge in [-0.15, -0.1) is 0 Å². The normalized spacial score (nSPS) is 31.5. The summed E-state index contributed by atoms with van der Waals surface area (Å²) >= 11 is 5.81. The number of hydrogen-bond acceptors (Lipinski definition) is 9. The molecule has 3 aliphatic rings. The molecule has 0 saturated carbocycles. The lowest BCUT2D eigenvalue weighted by molar-refractivity contribution is -0.291. The Bertz CT molecular complexity index is 1000. The van der Waals surface area contributed by atoms with Gasteiger partial charge in [-0.1, -0.05) is 36.4 Å². The molecule has 4 atom stereocenters. The predicted molar refractivity (Wildman–Crippen MR) is 127 cm³/mol. The second-order valence-electron chi connectivity index (χ2n) is 9.33. The van der Waals surface area contributed by atoms with E-state index in [2.05, 4.69) is 0 Å². The van der Waals surface area contributed by atoms with E-state index in [4.69, 9.17) is 49.1 Å². The molecule has 0 amide bonds. The van der Waals surface area contributed by atoms with E-state index in [9.17, 15) is 0 Å². The van der Waals surface area contributed by atoms with E-state index in [1.54, 1.807) is 24.3 Å². The molecule has 3 saturated heterocycles. The maximum Gasteiger partial charge on any atom is 0.435 e. The first-order valence-electron chi connectivity index (χ1n) is 11.2. The van der Waals surface area contributed by atoms with Crippen molar-refractivity contribution in [1.82, 2.24) is 0 Å². The lowest BCUT2D eigenvalue weighted by Crippen LogP contribution is -2.60. The van der Waals surface area contributed by atoms with Crippen LogP contribution >= 0.6 is 6.72 Å². The molecule has 0 unspecified atom stereocenters. The first-order chi connectivity index (χ1) is 16.1. The second kappa shape index (κ2) is 8.84. The van der Waals surface area contributed by atoms with Crippen molar-refractivity contribution in [2.75, 3.05) is 13.2 Å². The van der Waals surface area contributed by atoms with Gasteiger partial charge < -0.3 is 32.7 Å². The maximum atomic E-state index is 6.27. The van der Waals surface area contributed by atoms with Crippen LogP contribution in [-0.4, -0.2) is 48.9 Å². The summed E-state index contributed by atoms with van der Waals surface area (Å²) in [6.07, 6.45) is -1.27. The molecule has 0 N–H and O–H groups in total. The number of hydrogen-bond donors (Lipinski definition) is 0. The molecule has 3 aliphatic heterocycles. The Morgan fingerprint density at radius 2 is 1.44 bits per heavy atom. The fourth-order valence-electron chi connectivity index (χ4n) is 4.41. The molecule has 184 valence electrons. The fourth-order valence-corrected chi connectivity index (χ4v) is 6.32. The molecular weight excluding hydrogens is 479 g/mol. The first-order valence-corrected chi connectivity index (χ1v) is 13.7. The van der Waals surface area contributed by atoms with Crippen LogP contribution in [0.15, 0.2) is 60.7 Å². The fraction of sp³-hybridized carbons (Fsp3) is 0.500. The van der Waals surface area contributed by atoms with E-state index in [-0.39, 0.29) is 19.3 Å². The first kappa shape index (κ1) is 24.2. The van der Waals surface area contributed by atoms with Crippen LogP contribution in [0.25, 0.3) is 0 Å². The number of ether oxygens (including phenoxy) is 5. The van der Waals surface area contributed by atoms with Crippen LogP contribution in [0.3, 0.4) is 0 Å². The molecule has 3 fully saturated rings. The quantitative estimate of drug-likeness (QED) is 0.491. The number of rotatable bonds is 7. The molecule has 3 heterocycles. The standard InChI is InChI=1S/C24H29O8PS/c1-22(2)27-19-15-25-24(21(20(19)28-22)29-23(3,4)32-24)16-26-33(34,30-17-11-7-5-8-12-17)31-18-13-9-6-10-14-18/h5-14,19-21H,15-16H2,1-4H3/t19-,20-,21+,24+/m0/s1. The Kier molecular flexibility index (Phi) is 6.28. The molecule has 8 nitrogen and oxygen atoms in total. The molecule has 0 radical (unpaired) electrons. The summed E-state index contributed by atoms with van der Waals surface area (Å²) in [6.45, 7) is 4.23. The summed E-state index contributed by atoms with van der Waals surface area (Å²) < 4.78 is 49.3. The van der Waals surface area contributed by atoms with Gasteiger partial charge in [0.25, 0.3) is 0 Å². The average molecular weight is 509 g/mol. The third kappa shape index (κ3) is 5.03. The van der Waals surface area contributed by atoms with Gasteiger partial charge in [0.15, 0.2) is 11.6 Å². The highest BCUT2D eigenvalue weighted by Gasteiger charge is 2.66. The number of benzene rings is 2. The van der Waals surface area contributed by atoms with Gasteiger partial charge in [-0.2, -0.15) is 0 Å². The van der Waals surface area contributed by atoms with Crippen molar-refractivity contribution in [3.63, 3.8) is 0 Å². The van der Waals surface area contributed by atoms with Crippen molar-refractivity contribution in [2.24, 2.45) is 0 Å². The monoisotopic (exact) mass is 508 g/mol. The third-order valence-corrected chi connectivity index (χ3v) is 7.70. The summed E-state index contributed by atoms with van der Waals surface area (Å²) in [4.78, 5) is 0. The van der Waals surface area contributed by atoms with Gasteiger partial charge in [0.05, 0.1) is 6.61 Å². The predicted octanol–water partition coefficient (Wildman–Crippen LogP) is 4.78.